The van der Waals surface area contributed by atoms with E-state index in [1.54, 1.807) is 36.1 Å². The van der Waals surface area contributed by atoms with Crippen LogP contribution in [0.5, 0.6) is 5.75 Å². The van der Waals surface area contributed by atoms with Crippen LogP contribution < -0.4 is 10.1 Å². The van der Waals surface area contributed by atoms with E-state index in [1.807, 2.05) is 24.3 Å². The maximum absolute atomic E-state index is 12.9. The van der Waals surface area contributed by atoms with Gasteiger partial charge < -0.3 is 15.0 Å². The maximum Gasteiger partial charge on any atom is 0.261 e. The predicted molar refractivity (Wildman–Crippen MR) is 119 cm³/mol. The number of nitrogens with one attached hydrogen (secondary N) is 1. The van der Waals surface area contributed by atoms with E-state index in [1.165, 1.54) is 0 Å². The lowest BCUT2D eigenvalue weighted by Crippen LogP contribution is -2.49. The van der Waals surface area contributed by atoms with Gasteiger partial charge in [-0.25, -0.2) is 0 Å². The third kappa shape index (κ3) is 7.71. The van der Waals surface area contributed by atoms with E-state index in [9.17, 15) is 9.59 Å². The van der Waals surface area contributed by atoms with E-state index in [0.717, 1.165) is 22.9 Å². The molecule has 156 valence electrons. The summed E-state index contributed by atoms with van der Waals surface area (Å²) in [6.07, 6.45) is 1.89. The van der Waals surface area contributed by atoms with Crippen molar-refractivity contribution in [3.63, 3.8) is 0 Å². The highest BCUT2D eigenvalue weighted by atomic mass is 79.9. The lowest BCUT2D eigenvalue weighted by molar-refractivity contribution is -0.142. The number of nitrogens with zero attached hydrogens (tertiary/aromatic N) is 1. The summed E-state index contributed by atoms with van der Waals surface area (Å²) in [5.74, 6) is 0.108. The Morgan fingerprint density at radius 2 is 1.93 bits per heavy atom. The Bertz CT molecular complexity index is 814. The summed E-state index contributed by atoms with van der Waals surface area (Å²) in [6, 6.07) is 13.9. The standard InChI is InChI=1S/C22H26BrClN2O3/c1-3-4-12-25-22(28)16(2)26(14-17-6-5-7-18(23)13-17)21(27)15-29-20-10-8-19(24)9-11-20/h5-11,13,16H,3-4,12,14-15H2,1-2H3,(H,25,28). The zero-order chi connectivity index (χ0) is 21.2. The molecule has 0 fully saturated rings. The van der Waals surface area contributed by atoms with Gasteiger partial charge in [-0.2, -0.15) is 0 Å². The number of ether oxygens (including phenoxy) is 1. The summed E-state index contributed by atoms with van der Waals surface area (Å²) in [5.41, 5.74) is 0.924. The Morgan fingerprint density at radius 1 is 1.21 bits per heavy atom. The lowest BCUT2D eigenvalue weighted by atomic mass is 10.1. The van der Waals surface area contributed by atoms with E-state index in [-0.39, 0.29) is 18.4 Å². The van der Waals surface area contributed by atoms with E-state index >= 15 is 0 Å². The highest BCUT2D eigenvalue weighted by Gasteiger charge is 2.26. The fourth-order valence-corrected chi connectivity index (χ4v) is 3.28. The summed E-state index contributed by atoms with van der Waals surface area (Å²) >= 11 is 9.32. The molecule has 1 unspecified atom stereocenters. The number of halogens is 2. The fraction of sp³-hybridized carbons (Fsp3) is 0.364. The molecule has 2 rings (SSSR count). The quantitative estimate of drug-likeness (QED) is 0.495. The normalized spacial score (nSPS) is 11.6. The number of hydrogen-bond donors (Lipinski definition) is 1. The van der Waals surface area contributed by atoms with Crippen LogP contribution >= 0.6 is 27.5 Å². The van der Waals surface area contributed by atoms with Crippen LogP contribution in [0.4, 0.5) is 0 Å². The molecule has 2 aromatic carbocycles. The number of hydrogen-bond acceptors (Lipinski definition) is 3. The summed E-state index contributed by atoms with van der Waals surface area (Å²) in [7, 11) is 0. The second kappa shape index (κ2) is 11.8. The van der Waals surface area contributed by atoms with Crippen molar-refractivity contribution in [1.82, 2.24) is 10.2 Å². The Kier molecular flexibility index (Phi) is 9.48. The largest absolute Gasteiger partial charge is 0.484 e. The van der Waals surface area contributed by atoms with Crippen LogP contribution in [0.2, 0.25) is 5.02 Å². The third-order valence-electron chi connectivity index (χ3n) is 4.41. The van der Waals surface area contributed by atoms with Gasteiger partial charge >= 0.3 is 0 Å². The van der Waals surface area contributed by atoms with Gasteiger partial charge in [0.15, 0.2) is 6.61 Å². The second-order valence-corrected chi connectivity index (χ2v) is 8.07. The van der Waals surface area contributed by atoms with Crippen molar-refractivity contribution in [2.75, 3.05) is 13.2 Å². The molecule has 0 aliphatic heterocycles. The van der Waals surface area contributed by atoms with Gasteiger partial charge in [0.05, 0.1) is 0 Å². The lowest BCUT2D eigenvalue weighted by Gasteiger charge is -2.28. The summed E-state index contributed by atoms with van der Waals surface area (Å²) in [4.78, 5) is 27.0. The fourth-order valence-electron chi connectivity index (χ4n) is 2.71. The molecular formula is C22H26BrClN2O3. The van der Waals surface area contributed by atoms with Crippen molar-refractivity contribution < 1.29 is 14.3 Å². The molecule has 0 aromatic heterocycles. The van der Waals surface area contributed by atoms with Gasteiger partial charge in [-0.05, 0) is 55.3 Å². The number of rotatable bonds is 10. The molecule has 0 bridgehead atoms. The highest BCUT2D eigenvalue weighted by Crippen LogP contribution is 2.18. The molecule has 0 spiro atoms. The zero-order valence-corrected chi connectivity index (χ0v) is 19.0. The van der Waals surface area contributed by atoms with Crippen LogP contribution in [-0.2, 0) is 16.1 Å². The first kappa shape index (κ1) is 23.2. The molecular weight excluding hydrogens is 456 g/mol. The Balaban J connectivity index is 2.10. The third-order valence-corrected chi connectivity index (χ3v) is 5.16. The van der Waals surface area contributed by atoms with Gasteiger partial charge in [0.2, 0.25) is 5.91 Å². The molecule has 0 radical (unpaired) electrons. The van der Waals surface area contributed by atoms with E-state index in [0.29, 0.717) is 23.9 Å². The minimum Gasteiger partial charge on any atom is -0.484 e. The van der Waals surface area contributed by atoms with Gasteiger partial charge in [0.25, 0.3) is 5.91 Å². The van der Waals surface area contributed by atoms with Crippen molar-refractivity contribution >= 4 is 39.3 Å². The minimum absolute atomic E-state index is 0.164. The number of benzene rings is 2. The van der Waals surface area contributed by atoms with Crippen molar-refractivity contribution in [3.05, 3.63) is 63.6 Å². The summed E-state index contributed by atoms with van der Waals surface area (Å²) in [6.45, 7) is 4.54. The molecule has 0 heterocycles. The van der Waals surface area contributed by atoms with Gasteiger partial charge in [0.1, 0.15) is 11.8 Å². The van der Waals surface area contributed by atoms with Crippen LogP contribution in [-0.4, -0.2) is 35.9 Å². The molecule has 0 aliphatic rings. The SMILES string of the molecule is CCCCNC(=O)C(C)N(Cc1cccc(Br)c1)C(=O)COc1ccc(Cl)cc1. The van der Waals surface area contributed by atoms with Gasteiger partial charge in [-0.15, -0.1) is 0 Å². The number of unbranched alkanes of at least 4 members (excludes halogenated alkanes) is 1. The summed E-state index contributed by atoms with van der Waals surface area (Å²) < 4.78 is 6.52. The number of amides is 2. The average molecular weight is 482 g/mol. The Labute approximate surface area is 185 Å². The van der Waals surface area contributed by atoms with Crippen LogP contribution in [0.15, 0.2) is 53.0 Å². The highest BCUT2D eigenvalue weighted by molar-refractivity contribution is 9.10. The minimum atomic E-state index is -0.618. The van der Waals surface area contributed by atoms with Crippen molar-refractivity contribution in [1.29, 1.82) is 0 Å². The molecule has 0 aliphatic carbocycles. The molecule has 29 heavy (non-hydrogen) atoms. The summed E-state index contributed by atoms with van der Waals surface area (Å²) in [5, 5.41) is 3.49. The van der Waals surface area contributed by atoms with Crippen LogP contribution in [0.1, 0.15) is 32.3 Å². The Hall–Kier alpha value is -2.05. The second-order valence-electron chi connectivity index (χ2n) is 6.71. The van der Waals surface area contributed by atoms with E-state index in [2.05, 4.69) is 28.2 Å². The first-order chi connectivity index (χ1) is 13.9. The smallest absolute Gasteiger partial charge is 0.261 e. The molecule has 7 heteroatoms. The van der Waals surface area contributed by atoms with Crippen molar-refractivity contribution in [2.24, 2.45) is 0 Å². The first-order valence-corrected chi connectivity index (χ1v) is 10.8. The first-order valence-electron chi connectivity index (χ1n) is 9.60. The van der Waals surface area contributed by atoms with Gasteiger partial charge in [0, 0.05) is 22.6 Å². The molecule has 2 aromatic rings. The molecule has 5 nitrogen and oxygen atoms in total. The van der Waals surface area contributed by atoms with Crippen LogP contribution in [0, 0.1) is 0 Å². The predicted octanol–water partition coefficient (Wildman–Crippen LogP) is 4.81. The van der Waals surface area contributed by atoms with E-state index in [4.69, 9.17) is 16.3 Å². The van der Waals surface area contributed by atoms with E-state index < -0.39 is 6.04 Å². The molecule has 1 N–H and O–H groups in total. The maximum atomic E-state index is 12.9. The topological polar surface area (TPSA) is 58.6 Å². The molecule has 0 saturated carbocycles. The monoisotopic (exact) mass is 480 g/mol. The van der Waals surface area contributed by atoms with Crippen LogP contribution in [0.25, 0.3) is 0 Å². The average Bonchev–Trinajstić information content (AvgIpc) is 2.71. The Morgan fingerprint density at radius 3 is 2.59 bits per heavy atom. The number of carbonyl (C=O) groups excluding carboxylic acids is 2. The molecule has 0 saturated heterocycles. The van der Waals surface area contributed by atoms with Crippen molar-refractivity contribution in [3.8, 4) is 5.75 Å². The number of carbonyl (C=O) groups is 2. The molecule has 2 amide bonds. The molecule has 1 atom stereocenters. The van der Waals surface area contributed by atoms with Crippen LogP contribution in [0.3, 0.4) is 0 Å². The van der Waals surface area contributed by atoms with Gasteiger partial charge in [-0.3, -0.25) is 9.59 Å². The zero-order valence-electron chi connectivity index (χ0n) is 16.7. The van der Waals surface area contributed by atoms with Crippen molar-refractivity contribution in [2.45, 2.75) is 39.3 Å². The van der Waals surface area contributed by atoms with Gasteiger partial charge in [-0.1, -0.05) is 53.0 Å².